The van der Waals surface area contributed by atoms with Crippen LogP contribution >= 0.6 is 0 Å². The molecule has 2 aromatic carbocycles. The number of aryl methyl sites for hydroxylation is 2. The van der Waals surface area contributed by atoms with Crippen molar-refractivity contribution in [3.8, 4) is 0 Å². The average molecular weight is 405 g/mol. The Hall–Kier alpha value is -2.96. The molecule has 0 unspecified atom stereocenters. The number of hydrogen-bond donors (Lipinski definition) is 1. The number of nitrogens with zero attached hydrogens (tertiary/aromatic N) is 3. The molecule has 0 aromatic heterocycles. The highest BCUT2D eigenvalue weighted by Gasteiger charge is 2.43. The van der Waals surface area contributed by atoms with Gasteiger partial charge in [0, 0.05) is 32.7 Å². The SMILES string of the molecule is Cc1ccc(C2=C(N3CCN(CCO)CC3)C(=O)N(c3ccccc3)C2=O)c(C)c1. The van der Waals surface area contributed by atoms with Gasteiger partial charge in [0.15, 0.2) is 0 Å². The van der Waals surface area contributed by atoms with Crippen LogP contribution in [0.15, 0.2) is 54.2 Å². The summed E-state index contributed by atoms with van der Waals surface area (Å²) in [5, 5.41) is 9.21. The molecule has 1 fully saturated rings. The first-order chi connectivity index (χ1) is 14.5. The number of piperazine rings is 1. The first kappa shape index (κ1) is 20.3. The zero-order chi connectivity index (χ0) is 21.3. The number of aliphatic hydroxyl groups is 1. The second-order valence-corrected chi connectivity index (χ2v) is 7.88. The predicted molar refractivity (Wildman–Crippen MR) is 117 cm³/mol. The van der Waals surface area contributed by atoms with Crippen LogP contribution in [0.2, 0.25) is 0 Å². The molecular weight excluding hydrogens is 378 g/mol. The van der Waals surface area contributed by atoms with Crippen LogP contribution < -0.4 is 4.90 Å². The fourth-order valence-corrected chi connectivity index (χ4v) is 4.30. The van der Waals surface area contributed by atoms with Gasteiger partial charge in [-0.15, -0.1) is 0 Å². The molecule has 0 saturated carbocycles. The number of aliphatic hydroxyl groups excluding tert-OH is 1. The summed E-state index contributed by atoms with van der Waals surface area (Å²) >= 11 is 0. The van der Waals surface area contributed by atoms with E-state index < -0.39 is 0 Å². The summed E-state index contributed by atoms with van der Waals surface area (Å²) in [4.78, 5) is 32.6. The van der Waals surface area contributed by atoms with Crippen LogP contribution in [-0.2, 0) is 9.59 Å². The molecule has 2 aliphatic heterocycles. The Labute approximate surface area is 177 Å². The van der Waals surface area contributed by atoms with E-state index in [1.807, 2.05) is 55.1 Å². The average Bonchev–Trinajstić information content (AvgIpc) is 3.00. The van der Waals surface area contributed by atoms with E-state index in [4.69, 9.17) is 0 Å². The molecule has 2 amide bonds. The highest BCUT2D eigenvalue weighted by Crippen LogP contribution is 2.36. The van der Waals surface area contributed by atoms with Crippen molar-refractivity contribution in [2.45, 2.75) is 13.8 Å². The molecule has 0 bridgehead atoms. The number of anilines is 1. The van der Waals surface area contributed by atoms with E-state index in [0.717, 1.165) is 29.8 Å². The fraction of sp³-hybridized carbons (Fsp3) is 0.333. The van der Waals surface area contributed by atoms with E-state index in [1.165, 1.54) is 4.90 Å². The maximum absolute atomic E-state index is 13.6. The standard InChI is InChI=1S/C24H27N3O3/c1-17-8-9-20(18(2)16-17)21-22(26-12-10-25(11-13-26)14-15-28)24(30)27(23(21)29)19-6-4-3-5-7-19/h3-9,16,28H,10-15H2,1-2H3. The molecule has 6 heteroatoms. The normalized spacial score (nSPS) is 18.0. The first-order valence-corrected chi connectivity index (χ1v) is 10.3. The second kappa shape index (κ2) is 8.42. The molecule has 2 aliphatic rings. The monoisotopic (exact) mass is 405 g/mol. The molecule has 30 heavy (non-hydrogen) atoms. The number of amides is 2. The topological polar surface area (TPSA) is 64.1 Å². The van der Waals surface area contributed by atoms with Crippen molar-refractivity contribution in [1.29, 1.82) is 0 Å². The van der Waals surface area contributed by atoms with E-state index in [1.54, 1.807) is 12.1 Å². The first-order valence-electron chi connectivity index (χ1n) is 10.3. The Bertz CT molecular complexity index is 992. The highest BCUT2D eigenvalue weighted by atomic mass is 16.3. The number of carbonyl (C=O) groups is 2. The van der Waals surface area contributed by atoms with Crippen LogP contribution in [0.5, 0.6) is 0 Å². The van der Waals surface area contributed by atoms with Gasteiger partial charge in [0.05, 0.1) is 17.9 Å². The minimum Gasteiger partial charge on any atom is -0.395 e. The Morgan fingerprint density at radius 2 is 1.60 bits per heavy atom. The van der Waals surface area contributed by atoms with Crippen molar-refractivity contribution in [3.05, 3.63) is 70.9 Å². The molecule has 2 aromatic rings. The van der Waals surface area contributed by atoms with Gasteiger partial charge in [0.1, 0.15) is 5.70 Å². The Morgan fingerprint density at radius 3 is 2.23 bits per heavy atom. The second-order valence-electron chi connectivity index (χ2n) is 7.88. The van der Waals surface area contributed by atoms with E-state index >= 15 is 0 Å². The minimum absolute atomic E-state index is 0.121. The molecule has 0 radical (unpaired) electrons. The summed E-state index contributed by atoms with van der Waals surface area (Å²) in [6.07, 6.45) is 0. The van der Waals surface area contributed by atoms with Gasteiger partial charge in [-0.2, -0.15) is 0 Å². The molecule has 4 rings (SSSR count). The van der Waals surface area contributed by atoms with E-state index in [9.17, 15) is 14.7 Å². The third kappa shape index (κ3) is 3.64. The van der Waals surface area contributed by atoms with Crippen molar-refractivity contribution in [2.75, 3.05) is 44.2 Å². The van der Waals surface area contributed by atoms with Gasteiger partial charge in [-0.05, 0) is 37.1 Å². The van der Waals surface area contributed by atoms with Crippen molar-refractivity contribution >= 4 is 23.1 Å². The summed E-state index contributed by atoms with van der Waals surface area (Å²) in [5.74, 6) is -0.539. The fourth-order valence-electron chi connectivity index (χ4n) is 4.30. The number of hydrogen-bond acceptors (Lipinski definition) is 5. The molecule has 2 heterocycles. The number of rotatable bonds is 5. The van der Waals surface area contributed by atoms with Gasteiger partial charge >= 0.3 is 0 Å². The molecule has 0 spiro atoms. The smallest absolute Gasteiger partial charge is 0.282 e. The van der Waals surface area contributed by atoms with Crippen LogP contribution in [0.4, 0.5) is 5.69 Å². The van der Waals surface area contributed by atoms with Crippen LogP contribution in [-0.4, -0.2) is 66.1 Å². The van der Waals surface area contributed by atoms with Crippen LogP contribution in [0.25, 0.3) is 5.57 Å². The van der Waals surface area contributed by atoms with Crippen molar-refractivity contribution in [2.24, 2.45) is 0 Å². The zero-order valence-electron chi connectivity index (χ0n) is 17.5. The van der Waals surface area contributed by atoms with Gasteiger partial charge in [-0.3, -0.25) is 14.5 Å². The largest absolute Gasteiger partial charge is 0.395 e. The summed E-state index contributed by atoms with van der Waals surface area (Å²) in [6, 6.07) is 15.1. The van der Waals surface area contributed by atoms with Crippen molar-refractivity contribution in [1.82, 2.24) is 9.80 Å². The number of β-amino-alcohol motifs (C(OH)–C–C–N with tert-alkyl or cyclic N) is 1. The maximum Gasteiger partial charge on any atom is 0.282 e. The lowest BCUT2D eigenvalue weighted by molar-refractivity contribution is -0.120. The number of benzene rings is 2. The van der Waals surface area contributed by atoms with Gasteiger partial charge in [0.25, 0.3) is 11.8 Å². The molecule has 6 nitrogen and oxygen atoms in total. The summed E-state index contributed by atoms with van der Waals surface area (Å²) < 4.78 is 0. The quantitative estimate of drug-likeness (QED) is 0.773. The minimum atomic E-state index is -0.272. The van der Waals surface area contributed by atoms with Crippen LogP contribution in [0.3, 0.4) is 0 Å². The molecular formula is C24H27N3O3. The number of imide groups is 1. The van der Waals surface area contributed by atoms with E-state index in [-0.39, 0.29) is 18.4 Å². The van der Waals surface area contributed by atoms with Gasteiger partial charge in [-0.25, -0.2) is 4.90 Å². The molecule has 0 atom stereocenters. The predicted octanol–water partition coefficient (Wildman–Crippen LogP) is 2.20. The number of para-hydroxylation sites is 1. The summed E-state index contributed by atoms with van der Waals surface area (Å²) in [7, 11) is 0. The Balaban J connectivity index is 1.77. The third-order valence-electron chi connectivity index (χ3n) is 5.83. The van der Waals surface area contributed by atoms with Crippen molar-refractivity contribution < 1.29 is 14.7 Å². The zero-order valence-corrected chi connectivity index (χ0v) is 17.5. The lowest BCUT2D eigenvalue weighted by Crippen LogP contribution is -2.48. The summed E-state index contributed by atoms with van der Waals surface area (Å²) in [5.41, 5.74) is 4.47. The van der Waals surface area contributed by atoms with Crippen LogP contribution in [0.1, 0.15) is 16.7 Å². The van der Waals surface area contributed by atoms with Gasteiger partial charge in [-0.1, -0.05) is 42.0 Å². The third-order valence-corrected chi connectivity index (χ3v) is 5.83. The van der Waals surface area contributed by atoms with E-state index in [2.05, 4.69) is 4.90 Å². The maximum atomic E-state index is 13.6. The van der Waals surface area contributed by atoms with Crippen LogP contribution in [0, 0.1) is 13.8 Å². The van der Waals surface area contributed by atoms with Gasteiger partial charge < -0.3 is 10.0 Å². The number of carbonyl (C=O) groups excluding carboxylic acids is 2. The lowest BCUT2D eigenvalue weighted by atomic mass is 9.97. The Morgan fingerprint density at radius 1 is 0.900 bits per heavy atom. The summed E-state index contributed by atoms with van der Waals surface area (Å²) in [6.45, 7) is 7.53. The van der Waals surface area contributed by atoms with E-state index in [0.29, 0.717) is 36.6 Å². The molecule has 156 valence electrons. The van der Waals surface area contributed by atoms with Gasteiger partial charge in [0.2, 0.25) is 0 Å². The lowest BCUT2D eigenvalue weighted by Gasteiger charge is -2.36. The highest BCUT2D eigenvalue weighted by molar-refractivity contribution is 6.45. The van der Waals surface area contributed by atoms with Crippen molar-refractivity contribution in [3.63, 3.8) is 0 Å². The molecule has 1 saturated heterocycles. The molecule has 1 N–H and O–H groups in total. The Kier molecular flexibility index (Phi) is 5.70. The molecule has 0 aliphatic carbocycles.